The van der Waals surface area contributed by atoms with Crippen LogP contribution in [0.15, 0.2) is 18.2 Å². The van der Waals surface area contributed by atoms with Crippen molar-refractivity contribution in [1.29, 1.82) is 0 Å². The summed E-state index contributed by atoms with van der Waals surface area (Å²) in [5.74, 6) is 5.86. The van der Waals surface area contributed by atoms with Crippen molar-refractivity contribution in [3.8, 4) is 11.8 Å². The van der Waals surface area contributed by atoms with Gasteiger partial charge < -0.3 is 5.32 Å². The summed E-state index contributed by atoms with van der Waals surface area (Å²) in [7, 11) is -3.29. The Labute approximate surface area is 161 Å². The number of sulfonamides is 1. The molecule has 0 bridgehead atoms. The average molecular weight is 401 g/mol. The van der Waals surface area contributed by atoms with Crippen LogP contribution in [-0.2, 0) is 16.4 Å². The van der Waals surface area contributed by atoms with Gasteiger partial charge in [-0.1, -0.05) is 24.0 Å². The quantitative estimate of drug-likeness (QED) is 0.764. The highest BCUT2D eigenvalue weighted by molar-refractivity contribution is 7.88. The Bertz CT molecular complexity index is 813. The molecular weight excluding hydrogens is 375 g/mol. The molecule has 2 N–H and O–H groups in total. The molecule has 1 aliphatic carbocycles. The Morgan fingerprint density at radius 3 is 2.77 bits per heavy atom. The number of halogens is 2. The molecule has 3 rings (SSSR count). The van der Waals surface area contributed by atoms with Crippen molar-refractivity contribution in [3.05, 3.63) is 35.1 Å². The third-order valence-corrected chi connectivity index (χ3v) is 5.70. The smallest absolute Gasteiger partial charge is 0.209 e. The van der Waals surface area contributed by atoms with Gasteiger partial charge in [0, 0.05) is 17.5 Å². The Hall–Kier alpha value is -1.13. The monoisotopic (exact) mass is 400 g/mol. The van der Waals surface area contributed by atoms with E-state index in [1.54, 1.807) is 12.1 Å². The van der Waals surface area contributed by atoms with Gasteiger partial charge >= 0.3 is 0 Å². The Balaban J connectivity index is 0.00000243. The van der Waals surface area contributed by atoms with Crippen LogP contribution >= 0.6 is 12.4 Å². The zero-order valence-corrected chi connectivity index (χ0v) is 16.8. The lowest BCUT2D eigenvalue weighted by Crippen LogP contribution is -2.54. The van der Waals surface area contributed by atoms with Gasteiger partial charge in [0.25, 0.3) is 0 Å². The molecule has 2 aliphatic rings. The highest BCUT2D eigenvalue weighted by Gasteiger charge is 2.35. The third-order valence-electron chi connectivity index (χ3n) is 4.97. The second-order valence-electron chi connectivity index (χ2n) is 7.49. The summed E-state index contributed by atoms with van der Waals surface area (Å²) in [5.41, 5.74) is 1.05. The van der Waals surface area contributed by atoms with Crippen molar-refractivity contribution in [1.82, 2.24) is 10.0 Å². The maximum absolute atomic E-state index is 14.8. The summed E-state index contributed by atoms with van der Waals surface area (Å²) in [6.07, 6.45) is 5.40. The van der Waals surface area contributed by atoms with Gasteiger partial charge in [0.15, 0.2) is 0 Å². The van der Waals surface area contributed by atoms with E-state index in [1.807, 2.05) is 6.07 Å². The van der Waals surface area contributed by atoms with Crippen molar-refractivity contribution < 1.29 is 12.8 Å². The summed E-state index contributed by atoms with van der Waals surface area (Å²) >= 11 is 0. The first-order valence-electron chi connectivity index (χ1n) is 8.77. The predicted molar refractivity (Wildman–Crippen MR) is 104 cm³/mol. The van der Waals surface area contributed by atoms with Crippen LogP contribution in [0.1, 0.15) is 43.7 Å². The van der Waals surface area contributed by atoms with Crippen LogP contribution in [0.25, 0.3) is 0 Å². The van der Waals surface area contributed by atoms with Crippen molar-refractivity contribution >= 4 is 22.4 Å². The minimum atomic E-state index is -3.29. The molecule has 1 heterocycles. The molecule has 1 aromatic rings. The topological polar surface area (TPSA) is 58.2 Å². The number of piperidine rings is 1. The largest absolute Gasteiger partial charge is 0.312 e. The number of benzene rings is 1. The van der Waals surface area contributed by atoms with E-state index in [9.17, 15) is 12.8 Å². The van der Waals surface area contributed by atoms with E-state index < -0.39 is 10.0 Å². The molecular formula is C19H26ClFN2O2S. The molecule has 0 radical (unpaired) electrons. The average Bonchev–Trinajstić information content (AvgIpc) is 3.27. The Kier molecular flexibility index (Phi) is 6.73. The molecule has 0 spiro atoms. The Morgan fingerprint density at radius 1 is 1.38 bits per heavy atom. The molecule has 2 atom stereocenters. The van der Waals surface area contributed by atoms with E-state index in [2.05, 4.69) is 28.8 Å². The second-order valence-corrected chi connectivity index (χ2v) is 9.27. The third kappa shape index (κ3) is 5.68. The van der Waals surface area contributed by atoms with Gasteiger partial charge in [0.1, 0.15) is 5.82 Å². The molecule has 1 saturated carbocycles. The Morgan fingerprint density at radius 2 is 2.12 bits per heavy atom. The number of hydrogen-bond acceptors (Lipinski definition) is 3. The van der Waals surface area contributed by atoms with Gasteiger partial charge in [-0.2, -0.15) is 0 Å². The predicted octanol–water partition coefficient (Wildman–Crippen LogP) is 2.61. The number of hydrogen-bond donors (Lipinski definition) is 2. The minimum absolute atomic E-state index is 0. The van der Waals surface area contributed by atoms with E-state index in [-0.39, 0.29) is 35.7 Å². The van der Waals surface area contributed by atoms with E-state index in [1.165, 1.54) is 0 Å². The van der Waals surface area contributed by atoms with Crippen LogP contribution in [0.3, 0.4) is 0 Å². The van der Waals surface area contributed by atoms with Crippen LogP contribution in [0, 0.1) is 23.1 Å². The maximum Gasteiger partial charge on any atom is 0.209 e. The van der Waals surface area contributed by atoms with Crippen molar-refractivity contribution in [2.45, 2.75) is 51.1 Å². The first kappa shape index (κ1) is 21.2. The lowest BCUT2D eigenvalue weighted by molar-refractivity contribution is 0.327. The van der Waals surface area contributed by atoms with Crippen LogP contribution in [0.2, 0.25) is 0 Å². The summed E-state index contributed by atoms with van der Waals surface area (Å²) in [6, 6.07) is 4.94. The van der Waals surface area contributed by atoms with Gasteiger partial charge in [0.05, 0.1) is 11.8 Å². The molecule has 0 amide bonds. The number of nitrogens with one attached hydrogen (secondary N) is 2. The highest BCUT2D eigenvalue weighted by Crippen LogP contribution is 2.44. The standard InChI is InChI=1S/C19H25FN2O2S.ClH/c1-19(10-11-19)9-8-14-5-3-6-15(18(14)20)13-17-16(7-4-12-21-17)22-25(2,23)24;/h3,5-6,16-17,21-22H,4,7,10-13H2,1-2H3;1H. The van der Waals surface area contributed by atoms with Crippen LogP contribution in [0.5, 0.6) is 0 Å². The van der Waals surface area contributed by atoms with E-state index >= 15 is 0 Å². The lowest BCUT2D eigenvalue weighted by atomic mass is 9.92. The van der Waals surface area contributed by atoms with Crippen LogP contribution in [0.4, 0.5) is 4.39 Å². The van der Waals surface area contributed by atoms with Crippen molar-refractivity contribution in [2.24, 2.45) is 5.41 Å². The summed E-state index contributed by atoms with van der Waals surface area (Å²) in [6.45, 7) is 2.90. The van der Waals surface area contributed by atoms with Crippen LogP contribution < -0.4 is 10.0 Å². The fourth-order valence-corrected chi connectivity index (χ4v) is 4.02. The fraction of sp³-hybridized carbons (Fsp3) is 0.579. The first-order valence-corrected chi connectivity index (χ1v) is 10.7. The zero-order valence-electron chi connectivity index (χ0n) is 15.1. The van der Waals surface area contributed by atoms with Gasteiger partial charge in [-0.15, -0.1) is 12.4 Å². The normalized spacial score (nSPS) is 24.1. The van der Waals surface area contributed by atoms with E-state index in [0.717, 1.165) is 38.5 Å². The highest BCUT2D eigenvalue weighted by atomic mass is 35.5. The molecule has 2 unspecified atom stereocenters. The molecule has 7 heteroatoms. The summed E-state index contributed by atoms with van der Waals surface area (Å²) < 4.78 is 40.6. The fourth-order valence-electron chi connectivity index (χ4n) is 3.18. The zero-order chi connectivity index (χ0) is 18.1. The minimum Gasteiger partial charge on any atom is -0.312 e. The van der Waals surface area contributed by atoms with Crippen molar-refractivity contribution in [2.75, 3.05) is 12.8 Å². The van der Waals surface area contributed by atoms with Crippen LogP contribution in [-0.4, -0.2) is 33.3 Å². The molecule has 2 fully saturated rings. The molecule has 0 aromatic heterocycles. The first-order chi connectivity index (χ1) is 11.8. The maximum atomic E-state index is 14.8. The van der Waals surface area contributed by atoms with Crippen molar-refractivity contribution in [3.63, 3.8) is 0 Å². The molecule has 26 heavy (non-hydrogen) atoms. The van der Waals surface area contributed by atoms with Gasteiger partial charge in [-0.3, -0.25) is 0 Å². The summed E-state index contributed by atoms with van der Waals surface area (Å²) in [4.78, 5) is 0. The molecule has 1 saturated heterocycles. The van der Waals surface area contributed by atoms with E-state index in [0.29, 0.717) is 17.5 Å². The summed E-state index contributed by atoms with van der Waals surface area (Å²) in [5, 5.41) is 3.32. The van der Waals surface area contributed by atoms with E-state index in [4.69, 9.17) is 0 Å². The SMILES string of the molecule is CC1(C#Cc2cccc(CC3NCCCC3NS(C)(=O)=O)c2F)CC1.Cl. The molecule has 144 valence electrons. The number of rotatable bonds is 4. The van der Waals surface area contributed by atoms with Gasteiger partial charge in [0.2, 0.25) is 10.0 Å². The van der Waals surface area contributed by atoms with Gasteiger partial charge in [-0.05, 0) is 57.2 Å². The second kappa shape index (κ2) is 8.26. The van der Waals surface area contributed by atoms with Gasteiger partial charge in [-0.25, -0.2) is 17.5 Å². The molecule has 1 aromatic carbocycles. The lowest BCUT2D eigenvalue weighted by Gasteiger charge is -2.33. The molecule has 4 nitrogen and oxygen atoms in total. The molecule has 1 aliphatic heterocycles.